The van der Waals surface area contributed by atoms with Crippen LogP contribution in [-0.2, 0) is 30.6 Å². The first-order chi connectivity index (χ1) is 16.3. The molecule has 1 aliphatic rings. The third-order valence-electron chi connectivity index (χ3n) is 4.92. The topological polar surface area (TPSA) is 189 Å². The molecule has 35 heavy (non-hydrogen) atoms. The average molecular weight is 506 g/mol. The largest absolute Gasteiger partial charge is 0.394 e. The Hall–Kier alpha value is -3.24. The normalized spacial score (nSPS) is 15.4. The molecule has 0 spiro atoms. The number of nitrogens with zero attached hydrogens (tertiary/aromatic N) is 4. The molecule has 1 atom stereocenters. The van der Waals surface area contributed by atoms with Gasteiger partial charge in [0.25, 0.3) is 5.56 Å². The van der Waals surface area contributed by atoms with E-state index in [1.807, 2.05) is 0 Å². The summed E-state index contributed by atoms with van der Waals surface area (Å²) >= 11 is 1.32. The van der Waals surface area contributed by atoms with Crippen molar-refractivity contribution >= 4 is 60.9 Å². The fraction of sp³-hybridized carbons (Fsp3) is 0.526. The Morgan fingerprint density at radius 3 is 2.77 bits per heavy atom. The highest BCUT2D eigenvalue weighted by atomic mass is 32.2. The van der Waals surface area contributed by atoms with Crippen LogP contribution in [0.3, 0.4) is 0 Å². The van der Waals surface area contributed by atoms with Crippen LogP contribution in [0.5, 0.6) is 0 Å². The Morgan fingerprint density at radius 1 is 1.31 bits per heavy atom. The Kier molecular flexibility index (Phi) is 10.4. The summed E-state index contributed by atoms with van der Waals surface area (Å²) in [6.07, 6.45) is 3.59. The number of thioether (sulfide) groups is 1. The third-order valence-corrected chi connectivity index (χ3v) is 5.85. The second-order valence-corrected chi connectivity index (χ2v) is 8.34. The Labute approximate surface area is 205 Å². The molecule has 0 saturated carbocycles. The Bertz CT molecular complexity index is 1140. The molecule has 4 amide bonds. The fourth-order valence-electron chi connectivity index (χ4n) is 3.25. The number of hydrogen-bond acceptors (Lipinski definition) is 10. The van der Waals surface area contributed by atoms with E-state index in [0.717, 1.165) is 0 Å². The Balaban J connectivity index is 0.00000432. The first-order valence-electron chi connectivity index (χ1n) is 10.4. The summed E-state index contributed by atoms with van der Waals surface area (Å²) in [7, 11) is 0. The van der Waals surface area contributed by atoms with Crippen LogP contribution in [0.2, 0.25) is 0 Å². The lowest BCUT2D eigenvalue weighted by Gasteiger charge is -2.14. The Morgan fingerprint density at radius 2 is 2.09 bits per heavy atom. The minimum absolute atomic E-state index is 0. The standard InChI is InChI=1S/C19H25N7O7S.B/c1-34-11-7-14(30)26(18(11)32)4-2-3-12(28)20-8-13(29)22-19-23-16-15(17(31)24-19)21-9-25(16)10-33-6-5-27;/h9,11,27H,2-8,10H2,1H3,(H,20,28)(H2,22,23,24,29,31);. The molecule has 2 aromatic rings. The highest BCUT2D eigenvalue weighted by molar-refractivity contribution is 8.00. The number of fused-ring (bicyclic) bond motifs is 1. The molecule has 0 bridgehead atoms. The first-order valence-corrected chi connectivity index (χ1v) is 11.7. The highest BCUT2D eigenvalue weighted by Crippen LogP contribution is 2.23. The van der Waals surface area contributed by atoms with Gasteiger partial charge >= 0.3 is 0 Å². The minimum atomic E-state index is -0.619. The number of likely N-dealkylation sites (tertiary alicyclic amines) is 1. The zero-order valence-electron chi connectivity index (χ0n) is 19.0. The van der Waals surface area contributed by atoms with Crippen molar-refractivity contribution in [1.29, 1.82) is 0 Å². The molecule has 16 heteroatoms. The first kappa shape index (κ1) is 28.0. The number of imidazole rings is 1. The van der Waals surface area contributed by atoms with Gasteiger partial charge in [0.1, 0.15) is 6.73 Å². The van der Waals surface area contributed by atoms with Gasteiger partial charge in [0, 0.05) is 27.8 Å². The second kappa shape index (κ2) is 13.0. The molecule has 3 heterocycles. The molecule has 1 fully saturated rings. The number of carbonyl (C=O) groups is 4. The number of imide groups is 1. The summed E-state index contributed by atoms with van der Waals surface area (Å²) in [6, 6.07) is 0. The molecule has 1 unspecified atom stereocenters. The van der Waals surface area contributed by atoms with Gasteiger partial charge in [0.2, 0.25) is 29.6 Å². The molecule has 4 N–H and O–H groups in total. The summed E-state index contributed by atoms with van der Waals surface area (Å²) in [5.41, 5.74) is -0.339. The van der Waals surface area contributed by atoms with E-state index >= 15 is 0 Å². The summed E-state index contributed by atoms with van der Waals surface area (Å²) in [5, 5.41) is 13.3. The zero-order valence-corrected chi connectivity index (χ0v) is 19.8. The molecule has 1 saturated heterocycles. The van der Waals surface area contributed by atoms with E-state index in [4.69, 9.17) is 9.84 Å². The van der Waals surface area contributed by atoms with Crippen molar-refractivity contribution in [3.8, 4) is 0 Å². The monoisotopic (exact) mass is 506 g/mol. The van der Waals surface area contributed by atoms with E-state index in [0.29, 0.717) is 0 Å². The molecule has 14 nitrogen and oxygen atoms in total. The predicted molar refractivity (Wildman–Crippen MR) is 126 cm³/mol. The predicted octanol–water partition coefficient (Wildman–Crippen LogP) is -1.97. The van der Waals surface area contributed by atoms with Crippen LogP contribution < -0.4 is 16.2 Å². The van der Waals surface area contributed by atoms with Crippen molar-refractivity contribution in [2.24, 2.45) is 0 Å². The van der Waals surface area contributed by atoms with Gasteiger partial charge in [-0.15, -0.1) is 0 Å². The van der Waals surface area contributed by atoms with Crippen LogP contribution in [0.15, 0.2) is 11.1 Å². The van der Waals surface area contributed by atoms with Crippen LogP contribution in [0.1, 0.15) is 19.3 Å². The molecule has 2 aromatic heterocycles. The molecule has 3 rings (SSSR count). The van der Waals surface area contributed by atoms with Gasteiger partial charge in [0.15, 0.2) is 11.2 Å². The number of hydrogen-bond donors (Lipinski definition) is 4. The lowest BCUT2D eigenvalue weighted by Crippen LogP contribution is -2.35. The molecule has 0 aromatic carbocycles. The number of amides is 4. The number of aliphatic hydroxyl groups is 1. The van der Waals surface area contributed by atoms with Gasteiger partial charge in [-0.25, -0.2) is 4.98 Å². The van der Waals surface area contributed by atoms with Gasteiger partial charge in [0.05, 0.1) is 31.3 Å². The summed E-state index contributed by atoms with van der Waals surface area (Å²) in [6.45, 7) is -0.288. The molecule has 187 valence electrons. The molecule has 1 aliphatic heterocycles. The van der Waals surface area contributed by atoms with E-state index in [-0.39, 0.29) is 94.9 Å². The van der Waals surface area contributed by atoms with Crippen molar-refractivity contribution < 1.29 is 29.0 Å². The maximum atomic E-state index is 12.2. The number of aromatic nitrogens is 4. The quantitative estimate of drug-likeness (QED) is 0.143. The smallest absolute Gasteiger partial charge is 0.280 e. The number of nitrogens with one attached hydrogen (secondary N) is 3. The van der Waals surface area contributed by atoms with Crippen molar-refractivity contribution in [3.63, 3.8) is 0 Å². The number of aromatic amines is 1. The number of ether oxygens (including phenoxy) is 1. The number of H-pyrrole nitrogens is 1. The van der Waals surface area contributed by atoms with Gasteiger partial charge in [-0.2, -0.15) is 16.7 Å². The molecular weight excluding hydrogens is 481 g/mol. The number of anilines is 1. The maximum Gasteiger partial charge on any atom is 0.280 e. The van der Waals surface area contributed by atoms with Crippen LogP contribution in [-0.4, -0.2) is 99.4 Å². The van der Waals surface area contributed by atoms with E-state index in [2.05, 4.69) is 25.6 Å². The van der Waals surface area contributed by atoms with Crippen molar-refractivity contribution in [2.45, 2.75) is 31.2 Å². The lowest BCUT2D eigenvalue weighted by atomic mass is 10.3. The zero-order chi connectivity index (χ0) is 24.7. The highest BCUT2D eigenvalue weighted by Gasteiger charge is 2.37. The van der Waals surface area contributed by atoms with Crippen LogP contribution in [0.25, 0.3) is 11.2 Å². The number of carbonyl (C=O) groups excluding carboxylic acids is 4. The second-order valence-electron chi connectivity index (χ2n) is 7.30. The summed E-state index contributed by atoms with van der Waals surface area (Å²) < 4.78 is 6.63. The van der Waals surface area contributed by atoms with E-state index in [9.17, 15) is 24.0 Å². The van der Waals surface area contributed by atoms with Crippen molar-refractivity contribution in [2.75, 3.05) is 37.9 Å². The van der Waals surface area contributed by atoms with Gasteiger partial charge < -0.3 is 15.2 Å². The summed E-state index contributed by atoms with van der Waals surface area (Å²) in [5.74, 6) is -1.66. The number of rotatable bonds is 12. The van der Waals surface area contributed by atoms with Crippen LogP contribution in [0, 0.1) is 0 Å². The SMILES string of the molecule is CSC1CC(=O)N(CCCC(=O)NCC(=O)Nc2nc3c(ncn3COCCO)c(=O)[nH]2)C1=O.[B]. The number of aliphatic hydroxyl groups excluding tert-OH is 1. The van der Waals surface area contributed by atoms with E-state index in [1.54, 1.807) is 6.26 Å². The third kappa shape index (κ3) is 7.13. The lowest BCUT2D eigenvalue weighted by molar-refractivity contribution is -0.138. The van der Waals surface area contributed by atoms with Gasteiger partial charge in [-0.3, -0.25) is 43.7 Å². The van der Waals surface area contributed by atoms with Crippen molar-refractivity contribution in [3.05, 3.63) is 16.7 Å². The molecule has 0 aliphatic carbocycles. The average Bonchev–Trinajstić information content (AvgIpc) is 3.33. The molecular formula is C19H25BN7O7S. The van der Waals surface area contributed by atoms with Crippen LogP contribution in [0.4, 0.5) is 5.95 Å². The van der Waals surface area contributed by atoms with Gasteiger partial charge in [-0.05, 0) is 12.7 Å². The van der Waals surface area contributed by atoms with Gasteiger partial charge in [-0.1, -0.05) is 0 Å². The molecule has 3 radical (unpaired) electrons. The van der Waals surface area contributed by atoms with Crippen LogP contribution >= 0.6 is 11.8 Å². The van der Waals surface area contributed by atoms with Crippen molar-refractivity contribution in [1.82, 2.24) is 29.7 Å². The maximum absolute atomic E-state index is 12.2. The van der Waals surface area contributed by atoms with E-state index in [1.165, 1.54) is 27.6 Å². The summed E-state index contributed by atoms with van der Waals surface area (Å²) in [4.78, 5) is 72.0. The minimum Gasteiger partial charge on any atom is -0.394 e. The fourth-order valence-corrected chi connectivity index (χ4v) is 3.89. The van der Waals surface area contributed by atoms with E-state index < -0.39 is 17.4 Å².